The minimum Gasteiger partial charge on any atom is -0.337 e. The maximum atomic E-state index is 13.8. The van der Waals surface area contributed by atoms with Crippen LogP contribution >= 0.6 is 11.3 Å². The van der Waals surface area contributed by atoms with Crippen molar-refractivity contribution in [1.82, 2.24) is 30.0 Å². The molecule has 1 unspecified atom stereocenters. The molecule has 1 aliphatic carbocycles. The predicted molar refractivity (Wildman–Crippen MR) is 120 cm³/mol. The Morgan fingerprint density at radius 2 is 2.03 bits per heavy atom. The number of hydrogen-bond donors (Lipinski definition) is 1. The van der Waals surface area contributed by atoms with Gasteiger partial charge in [-0.05, 0) is 42.8 Å². The molecule has 11 heteroatoms. The lowest BCUT2D eigenvalue weighted by atomic mass is 10.1. The smallest absolute Gasteiger partial charge is 0.337 e. The first-order valence-corrected chi connectivity index (χ1v) is 11.4. The highest BCUT2D eigenvalue weighted by molar-refractivity contribution is 7.13. The lowest BCUT2D eigenvalue weighted by Crippen LogP contribution is -2.38. The van der Waals surface area contributed by atoms with E-state index in [0.717, 1.165) is 35.2 Å². The average molecular weight is 485 g/mol. The van der Waals surface area contributed by atoms with Gasteiger partial charge in [0.25, 0.3) is 11.9 Å². The topological polar surface area (TPSA) is 85.6 Å². The van der Waals surface area contributed by atoms with Gasteiger partial charge in [-0.3, -0.25) is 9.78 Å². The van der Waals surface area contributed by atoms with E-state index >= 15 is 0 Å². The molecule has 1 amide bonds. The van der Waals surface area contributed by atoms with E-state index in [1.807, 2.05) is 24.4 Å². The van der Waals surface area contributed by atoms with Gasteiger partial charge in [0.2, 0.25) is 0 Å². The number of aromatic nitrogens is 5. The molecule has 4 heterocycles. The van der Waals surface area contributed by atoms with Gasteiger partial charge in [0.05, 0.1) is 28.0 Å². The summed E-state index contributed by atoms with van der Waals surface area (Å²) >= 11 is 1.54. The molecule has 0 radical (unpaired) electrons. The summed E-state index contributed by atoms with van der Waals surface area (Å²) in [6.07, 6.45) is 2.35. The minimum atomic E-state index is -4.69. The van der Waals surface area contributed by atoms with Crippen molar-refractivity contribution in [1.29, 1.82) is 0 Å². The third kappa shape index (κ3) is 4.30. The number of hydrogen-bond acceptors (Lipinski definition) is 6. The summed E-state index contributed by atoms with van der Waals surface area (Å²) in [4.78, 5) is 26.8. The lowest BCUT2D eigenvalue weighted by molar-refractivity contribution is -0.155. The van der Waals surface area contributed by atoms with Crippen LogP contribution in [0, 0.1) is 6.92 Å². The Bertz CT molecular complexity index is 1320. The average Bonchev–Trinajstić information content (AvgIpc) is 3.32. The van der Waals surface area contributed by atoms with Crippen molar-refractivity contribution in [3.8, 4) is 16.5 Å². The van der Waals surface area contributed by atoms with Crippen LogP contribution in [0.1, 0.15) is 52.0 Å². The molecule has 1 N–H and O–H groups in total. The molecule has 4 aromatic rings. The van der Waals surface area contributed by atoms with E-state index in [4.69, 9.17) is 0 Å². The zero-order valence-electron chi connectivity index (χ0n) is 18.0. The van der Waals surface area contributed by atoms with Crippen molar-refractivity contribution < 1.29 is 18.0 Å². The standard InChI is InChI=1S/C23H19F3N6OS/c1-13-10-28-22(30-18(13)17-5-3-9-34-17)32-19(14-6-7-14)16(12-29-32)21(33)31-20(23(24,25)26)15-4-2-8-27-11-15/h2-5,8-12,14,20H,6-7H2,1H3,(H,31,33). The van der Waals surface area contributed by atoms with Crippen molar-refractivity contribution in [2.45, 2.75) is 37.9 Å². The molecular weight excluding hydrogens is 465 g/mol. The predicted octanol–water partition coefficient (Wildman–Crippen LogP) is 5.01. The largest absolute Gasteiger partial charge is 0.412 e. The number of nitrogens with zero attached hydrogens (tertiary/aromatic N) is 5. The second-order valence-corrected chi connectivity index (χ2v) is 8.99. The number of rotatable bonds is 6. The maximum Gasteiger partial charge on any atom is 0.412 e. The third-order valence-electron chi connectivity index (χ3n) is 5.54. The van der Waals surface area contributed by atoms with Crippen LogP contribution in [0.2, 0.25) is 0 Å². The third-order valence-corrected chi connectivity index (χ3v) is 6.42. The number of amides is 1. The zero-order valence-corrected chi connectivity index (χ0v) is 18.8. The SMILES string of the molecule is Cc1cnc(-n2ncc(C(=O)NC(c3cccnc3)C(F)(F)F)c2C2CC2)nc1-c1cccs1. The normalized spacial score (nSPS) is 14.7. The fourth-order valence-corrected chi connectivity index (χ4v) is 4.53. The van der Waals surface area contributed by atoms with E-state index in [-0.39, 0.29) is 23.0 Å². The van der Waals surface area contributed by atoms with E-state index in [1.54, 1.807) is 6.20 Å². The summed E-state index contributed by atoms with van der Waals surface area (Å²) in [5, 5.41) is 8.37. The highest BCUT2D eigenvalue weighted by Crippen LogP contribution is 2.43. The minimum absolute atomic E-state index is 0.000990. The summed E-state index contributed by atoms with van der Waals surface area (Å²) < 4.78 is 42.7. The first-order valence-electron chi connectivity index (χ1n) is 10.6. The molecule has 0 saturated heterocycles. The van der Waals surface area contributed by atoms with E-state index in [2.05, 4.69) is 25.4 Å². The quantitative estimate of drug-likeness (QED) is 0.416. The van der Waals surface area contributed by atoms with Gasteiger partial charge >= 0.3 is 6.18 Å². The second-order valence-electron chi connectivity index (χ2n) is 8.04. The zero-order chi connectivity index (χ0) is 23.9. The Balaban J connectivity index is 1.51. The van der Waals surface area contributed by atoms with Gasteiger partial charge < -0.3 is 5.32 Å². The van der Waals surface area contributed by atoms with Crippen LogP contribution in [-0.4, -0.2) is 36.8 Å². The molecule has 1 aliphatic rings. The van der Waals surface area contributed by atoms with Crippen LogP contribution in [0.5, 0.6) is 0 Å². The molecule has 5 rings (SSSR count). The molecule has 1 fully saturated rings. The summed E-state index contributed by atoms with van der Waals surface area (Å²) in [7, 11) is 0. The molecule has 7 nitrogen and oxygen atoms in total. The number of carbonyl (C=O) groups excluding carboxylic acids is 1. The summed E-state index contributed by atoms with van der Waals surface area (Å²) in [5.74, 6) is -0.583. The molecule has 174 valence electrons. The van der Waals surface area contributed by atoms with Crippen molar-refractivity contribution in [3.05, 3.63) is 76.8 Å². The fourth-order valence-electron chi connectivity index (χ4n) is 3.75. The van der Waals surface area contributed by atoms with Gasteiger partial charge in [-0.15, -0.1) is 11.3 Å². The van der Waals surface area contributed by atoms with Crippen LogP contribution in [0.15, 0.2) is 54.4 Å². The second kappa shape index (κ2) is 8.64. The first-order chi connectivity index (χ1) is 16.3. The van der Waals surface area contributed by atoms with Gasteiger partial charge in [0, 0.05) is 30.1 Å². The number of aryl methyl sites for hydroxylation is 1. The van der Waals surface area contributed by atoms with Crippen molar-refractivity contribution in [3.63, 3.8) is 0 Å². The number of thiophene rings is 1. The van der Waals surface area contributed by atoms with Gasteiger partial charge in [0.1, 0.15) is 0 Å². The Kier molecular flexibility index (Phi) is 5.64. The first kappa shape index (κ1) is 22.2. The summed E-state index contributed by atoms with van der Waals surface area (Å²) in [6, 6.07) is 4.36. The number of carbonyl (C=O) groups is 1. The lowest BCUT2D eigenvalue weighted by Gasteiger charge is -2.21. The maximum absolute atomic E-state index is 13.8. The molecule has 0 aromatic carbocycles. The van der Waals surface area contributed by atoms with Gasteiger partial charge in [-0.2, -0.15) is 18.3 Å². The summed E-state index contributed by atoms with van der Waals surface area (Å²) in [6.45, 7) is 1.90. The van der Waals surface area contributed by atoms with Crippen molar-refractivity contribution in [2.24, 2.45) is 0 Å². The molecule has 0 spiro atoms. The van der Waals surface area contributed by atoms with E-state index in [9.17, 15) is 18.0 Å². The van der Waals surface area contributed by atoms with E-state index in [1.165, 1.54) is 40.5 Å². The highest BCUT2D eigenvalue weighted by Gasteiger charge is 2.43. The van der Waals surface area contributed by atoms with Crippen molar-refractivity contribution >= 4 is 17.2 Å². The molecular formula is C23H19F3N6OS. The molecule has 0 aliphatic heterocycles. The molecule has 4 aromatic heterocycles. The fraction of sp³-hybridized carbons (Fsp3) is 0.261. The Labute approximate surface area is 196 Å². The molecule has 1 saturated carbocycles. The molecule has 0 bridgehead atoms. The summed E-state index contributed by atoms with van der Waals surface area (Å²) in [5.41, 5.74) is 2.09. The molecule has 34 heavy (non-hydrogen) atoms. The van der Waals surface area contributed by atoms with Crippen LogP contribution in [0.3, 0.4) is 0 Å². The number of pyridine rings is 1. The Morgan fingerprint density at radius 3 is 2.68 bits per heavy atom. The number of halogens is 3. The van der Waals surface area contributed by atoms with Gasteiger partial charge in [0.15, 0.2) is 6.04 Å². The van der Waals surface area contributed by atoms with Crippen LogP contribution in [0.25, 0.3) is 16.5 Å². The highest BCUT2D eigenvalue weighted by atomic mass is 32.1. The van der Waals surface area contributed by atoms with Crippen LogP contribution in [0.4, 0.5) is 13.2 Å². The number of nitrogens with one attached hydrogen (secondary N) is 1. The Morgan fingerprint density at radius 1 is 1.21 bits per heavy atom. The van der Waals surface area contributed by atoms with Gasteiger partial charge in [-0.25, -0.2) is 14.6 Å². The monoisotopic (exact) mass is 484 g/mol. The Hall–Kier alpha value is -3.60. The molecule has 1 atom stereocenters. The van der Waals surface area contributed by atoms with E-state index in [0.29, 0.717) is 5.69 Å². The number of alkyl halides is 3. The van der Waals surface area contributed by atoms with E-state index < -0.39 is 18.1 Å². The van der Waals surface area contributed by atoms with Crippen molar-refractivity contribution in [2.75, 3.05) is 0 Å². The van der Waals surface area contributed by atoms with Crippen LogP contribution in [-0.2, 0) is 0 Å². The van der Waals surface area contributed by atoms with Crippen LogP contribution < -0.4 is 5.32 Å². The van der Waals surface area contributed by atoms with Gasteiger partial charge in [-0.1, -0.05) is 12.1 Å².